The summed E-state index contributed by atoms with van der Waals surface area (Å²) in [4.78, 5) is 61.6. The fourth-order valence-corrected chi connectivity index (χ4v) is 8.55. The van der Waals surface area contributed by atoms with Gasteiger partial charge in [-0.1, -0.05) is 114 Å². The second-order valence-corrected chi connectivity index (χ2v) is 19.3. The Morgan fingerprint density at radius 2 is 1.39 bits per heavy atom. The summed E-state index contributed by atoms with van der Waals surface area (Å²) in [5.74, 6) is -0.679. The second-order valence-electron chi connectivity index (χ2n) is 16.3. The number of aromatic nitrogens is 2. The highest BCUT2D eigenvalue weighted by molar-refractivity contribution is 7.61. The second kappa shape index (κ2) is 33.2. The highest BCUT2D eigenvalue weighted by Crippen LogP contribution is 2.60. The third-order valence-corrected chi connectivity index (χ3v) is 13.2. The van der Waals surface area contributed by atoms with Gasteiger partial charge in [-0.2, -0.15) is 9.29 Å². The molecule has 19 nitrogen and oxygen atoms in total. The van der Waals surface area contributed by atoms with Gasteiger partial charge in [-0.3, -0.25) is 23.2 Å². The molecule has 3 unspecified atom stereocenters. The molecule has 1 aromatic rings. The molecule has 0 aliphatic carbocycles. The molecule has 0 aromatic carbocycles. The van der Waals surface area contributed by atoms with Crippen LogP contribution in [-0.4, -0.2) is 96.9 Å². The summed E-state index contributed by atoms with van der Waals surface area (Å²) in [7, 11) is -10.9. The third kappa shape index (κ3) is 26.3. The zero-order valence-electron chi connectivity index (χ0n) is 38.8. The minimum absolute atomic E-state index is 0.0402. The zero-order valence-corrected chi connectivity index (χ0v) is 40.5. The van der Waals surface area contributed by atoms with Crippen molar-refractivity contribution < 1.29 is 71.4 Å². The number of phosphoric acid groups is 2. The van der Waals surface area contributed by atoms with Gasteiger partial charge in [0.2, 0.25) is 0 Å². The van der Waals surface area contributed by atoms with Crippen LogP contribution in [0.3, 0.4) is 0 Å². The summed E-state index contributed by atoms with van der Waals surface area (Å²) in [5.41, 5.74) is 4.57. The number of rotatable bonds is 36. The summed E-state index contributed by atoms with van der Waals surface area (Å²) in [5, 5.41) is 30.4. The number of allylic oxidation sites excluding steroid dienone is 8. The topological polar surface area (TPSA) is 286 Å². The van der Waals surface area contributed by atoms with Crippen LogP contribution in [0.5, 0.6) is 0 Å². The van der Waals surface area contributed by atoms with Crippen LogP contribution in [0.1, 0.15) is 143 Å². The van der Waals surface area contributed by atoms with E-state index in [9.17, 15) is 48.6 Å². The summed E-state index contributed by atoms with van der Waals surface area (Å²) < 4.78 is 56.5. The molecular weight excluding hydrogens is 900 g/mol. The molecule has 0 amide bonds. The van der Waals surface area contributed by atoms with Gasteiger partial charge in [-0.05, 0) is 69.8 Å². The van der Waals surface area contributed by atoms with Crippen molar-refractivity contribution in [3.05, 3.63) is 71.4 Å². The Hall–Kier alpha value is -3.32. The molecule has 21 heteroatoms. The van der Waals surface area contributed by atoms with Gasteiger partial charge in [0.15, 0.2) is 12.3 Å². The number of carbonyl (C=O) groups is 2. The summed E-state index contributed by atoms with van der Waals surface area (Å²) in [6.45, 7) is 4.02. The third-order valence-electron chi connectivity index (χ3n) is 10.6. The van der Waals surface area contributed by atoms with E-state index in [0.29, 0.717) is 31.6 Å². The number of carbonyl (C=O) groups excluding carboxylic acids is 2. The SMILES string of the molecule is CCC(C)CCCCCCCCC(=O)OC[C@H](COP(=O)(O)OP(=O)(O)OC[C@H]1O[C@@H](n2ccc(N)nc2=O)[C@H](O)[C@@H]1O)OC(=O)CCC/C=C\C/C=C\C/C=C\C/C=C\CC[C@H](O)CC. The summed E-state index contributed by atoms with van der Waals surface area (Å²) in [6.07, 6.45) is 23.3. The number of phosphoric ester groups is 2. The van der Waals surface area contributed by atoms with Crippen molar-refractivity contribution in [3.8, 4) is 0 Å². The average molecular weight is 976 g/mol. The van der Waals surface area contributed by atoms with E-state index in [1.54, 1.807) is 0 Å². The molecule has 0 bridgehead atoms. The predicted molar refractivity (Wildman–Crippen MR) is 248 cm³/mol. The van der Waals surface area contributed by atoms with Gasteiger partial charge < -0.3 is 45.1 Å². The molecule has 1 aliphatic heterocycles. The van der Waals surface area contributed by atoms with Crippen LogP contribution in [-0.2, 0) is 46.3 Å². The van der Waals surface area contributed by atoms with E-state index in [0.717, 1.165) is 68.6 Å². The first-order valence-corrected chi connectivity index (χ1v) is 26.1. The number of aliphatic hydroxyl groups is 3. The fourth-order valence-electron chi connectivity index (χ4n) is 6.44. The molecular formula is C45H75N3O16P2. The highest BCUT2D eigenvalue weighted by atomic mass is 31.3. The van der Waals surface area contributed by atoms with E-state index in [1.807, 2.05) is 25.2 Å². The van der Waals surface area contributed by atoms with Crippen LogP contribution in [0.25, 0.3) is 0 Å². The van der Waals surface area contributed by atoms with Gasteiger partial charge in [-0.15, -0.1) is 0 Å². The first-order chi connectivity index (χ1) is 31.5. The van der Waals surface area contributed by atoms with Crippen LogP contribution < -0.4 is 11.4 Å². The Labute approximate surface area is 389 Å². The fraction of sp³-hybridized carbons (Fsp3) is 0.689. The maximum atomic E-state index is 12.8. The molecule has 1 saturated heterocycles. The molecule has 0 spiro atoms. The molecule has 0 radical (unpaired) electrons. The van der Waals surface area contributed by atoms with Gasteiger partial charge in [0, 0.05) is 19.0 Å². The van der Waals surface area contributed by atoms with Crippen molar-refractivity contribution in [1.29, 1.82) is 0 Å². The minimum atomic E-state index is -5.44. The molecule has 1 fully saturated rings. The standard InChI is InChI=1S/C45H75N3O16P2/c1-4-35(3)26-22-18-16-17-20-24-28-40(50)59-32-37(62-41(51)29-25-21-15-13-11-9-7-6-8-10-12-14-19-23-27-36(49)5-2)33-60-65(55,56)64-66(57,58)61-34-38-42(52)43(53)44(63-38)48-31-30-39(46)47-45(48)54/h7-10,13-15,19,30-31,35-38,42-44,49,52-53H,4-6,11-12,16-18,20-29,32-34H2,1-3H3,(H,55,56)(H,57,58)(H2,46,47,54)/b9-7-,10-8-,15-13-,19-14-/t35?,36-,37-,38-,42-,43-,44-/m1/s1. The van der Waals surface area contributed by atoms with Gasteiger partial charge in [-0.25, -0.2) is 13.9 Å². The Balaban J connectivity index is 1.86. The van der Waals surface area contributed by atoms with Crippen LogP contribution in [0.2, 0.25) is 0 Å². The highest BCUT2D eigenvalue weighted by Gasteiger charge is 2.46. The monoisotopic (exact) mass is 975 g/mol. The molecule has 0 saturated carbocycles. The summed E-state index contributed by atoms with van der Waals surface area (Å²) >= 11 is 0. The number of aliphatic hydroxyl groups excluding tert-OH is 3. The smallest absolute Gasteiger partial charge is 0.462 e. The van der Waals surface area contributed by atoms with Crippen molar-refractivity contribution in [3.63, 3.8) is 0 Å². The maximum absolute atomic E-state index is 12.8. The number of hydrogen-bond donors (Lipinski definition) is 6. The number of nitrogens with two attached hydrogens (primary N) is 1. The normalized spacial score (nSPS) is 21.1. The largest absolute Gasteiger partial charge is 0.481 e. The molecule has 2 rings (SSSR count). The molecule has 1 aromatic heterocycles. The maximum Gasteiger partial charge on any atom is 0.481 e. The Morgan fingerprint density at radius 3 is 2.03 bits per heavy atom. The number of hydrogen-bond acceptors (Lipinski definition) is 16. The lowest BCUT2D eigenvalue weighted by Crippen LogP contribution is -2.36. The van der Waals surface area contributed by atoms with Gasteiger partial charge in [0.25, 0.3) is 0 Å². The summed E-state index contributed by atoms with van der Waals surface area (Å²) in [6, 6.07) is 1.24. The average Bonchev–Trinajstić information content (AvgIpc) is 3.55. The lowest BCUT2D eigenvalue weighted by Gasteiger charge is -2.21. The Bertz CT molecular complexity index is 1820. The van der Waals surface area contributed by atoms with Gasteiger partial charge in [0.05, 0.1) is 19.3 Å². The lowest BCUT2D eigenvalue weighted by atomic mass is 10.00. The predicted octanol–water partition coefficient (Wildman–Crippen LogP) is 7.43. The van der Waals surface area contributed by atoms with E-state index < -0.39 is 83.7 Å². The molecule has 9 atom stereocenters. The molecule has 2 heterocycles. The van der Waals surface area contributed by atoms with Crippen LogP contribution >= 0.6 is 15.6 Å². The zero-order chi connectivity index (χ0) is 48.8. The minimum Gasteiger partial charge on any atom is -0.462 e. The molecule has 66 heavy (non-hydrogen) atoms. The molecule has 376 valence electrons. The van der Waals surface area contributed by atoms with Crippen molar-refractivity contribution in [2.75, 3.05) is 25.6 Å². The number of unbranched alkanes of at least 4 members (excludes halogenated alkanes) is 6. The number of nitrogen functional groups attached to an aromatic ring is 1. The lowest BCUT2D eigenvalue weighted by molar-refractivity contribution is -0.161. The van der Waals surface area contributed by atoms with Crippen LogP contribution in [0.15, 0.2) is 65.7 Å². The van der Waals surface area contributed by atoms with Crippen molar-refractivity contribution in [2.24, 2.45) is 5.92 Å². The quantitative estimate of drug-likeness (QED) is 0.0165. The van der Waals surface area contributed by atoms with Crippen LogP contribution in [0.4, 0.5) is 5.82 Å². The van der Waals surface area contributed by atoms with E-state index in [2.05, 4.69) is 53.5 Å². The molecule has 7 N–H and O–H groups in total. The van der Waals surface area contributed by atoms with Crippen molar-refractivity contribution in [1.82, 2.24) is 9.55 Å². The van der Waals surface area contributed by atoms with E-state index in [4.69, 9.17) is 29.0 Å². The number of nitrogens with zero attached hydrogens (tertiary/aromatic N) is 2. The number of esters is 2. The van der Waals surface area contributed by atoms with Crippen LogP contribution in [0, 0.1) is 5.92 Å². The van der Waals surface area contributed by atoms with E-state index in [1.165, 1.54) is 25.3 Å². The Morgan fingerprint density at radius 1 is 0.803 bits per heavy atom. The number of anilines is 1. The van der Waals surface area contributed by atoms with Crippen molar-refractivity contribution in [2.45, 2.75) is 173 Å². The number of ether oxygens (including phenoxy) is 3. The first-order valence-electron chi connectivity index (χ1n) is 23.1. The Kier molecular flexibility index (Phi) is 29.6. The van der Waals surface area contributed by atoms with Gasteiger partial charge >= 0.3 is 33.3 Å². The first kappa shape index (κ1) is 58.8. The van der Waals surface area contributed by atoms with E-state index in [-0.39, 0.29) is 24.8 Å². The van der Waals surface area contributed by atoms with Crippen molar-refractivity contribution >= 4 is 33.4 Å². The molecule has 1 aliphatic rings. The van der Waals surface area contributed by atoms with Gasteiger partial charge in [0.1, 0.15) is 30.7 Å². The van der Waals surface area contributed by atoms with E-state index >= 15 is 0 Å².